The average molecular weight is 295 g/mol. The van der Waals surface area contributed by atoms with Crippen LogP contribution in [-0.4, -0.2) is 35.7 Å². The van der Waals surface area contributed by atoms with Crippen molar-refractivity contribution in [2.24, 2.45) is 0 Å². The molecule has 0 saturated carbocycles. The lowest BCUT2D eigenvalue weighted by atomic mass is 10.0. The maximum atomic E-state index is 11.9. The zero-order valence-corrected chi connectivity index (χ0v) is 13.4. The zero-order valence-electron chi connectivity index (χ0n) is 12.6. The van der Waals surface area contributed by atoms with Gasteiger partial charge in [0.05, 0.1) is 0 Å². The second-order valence-corrected chi connectivity index (χ2v) is 6.14. The first-order valence-corrected chi connectivity index (χ1v) is 8.41. The number of amides is 1. The van der Waals surface area contributed by atoms with Gasteiger partial charge in [-0.05, 0) is 38.5 Å². The summed E-state index contributed by atoms with van der Waals surface area (Å²) in [7, 11) is 0. The molecule has 112 valence electrons. The molecule has 0 aromatic heterocycles. The van der Waals surface area contributed by atoms with Gasteiger partial charge in [-0.25, -0.2) is 0 Å². The van der Waals surface area contributed by atoms with E-state index in [1.807, 2.05) is 6.26 Å². The molecule has 1 unspecified atom stereocenters. The third-order valence-electron chi connectivity index (χ3n) is 3.13. The van der Waals surface area contributed by atoms with Crippen LogP contribution in [0.1, 0.15) is 29.5 Å². The number of carbonyl (C=O) groups excluding carboxylic acids is 1. The number of nitrogens with one attached hydrogen (secondary N) is 1. The lowest BCUT2D eigenvalue weighted by molar-refractivity contribution is -0.121. The lowest BCUT2D eigenvalue weighted by Gasteiger charge is -2.16. The molecule has 0 heterocycles. The fraction of sp³-hybridized carbons (Fsp3) is 0.562. The topological polar surface area (TPSA) is 49.3 Å². The molecule has 3 nitrogen and oxygen atoms in total. The van der Waals surface area contributed by atoms with E-state index in [1.165, 1.54) is 16.7 Å². The minimum absolute atomic E-state index is 0.0664. The van der Waals surface area contributed by atoms with Crippen molar-refractivity contribution in [2.45, 2.75) is 39.2 Å². The van der Waals surface area contributed by atoms with Crippen LogP contribution in [0.15, 0.2) is 18.2 Å². The van der Waals surface area contributed by atoms with Gasteiger partial charge in [-0.15, -0.1) is 0 Å². The zero-order chi connectivity index (χ0) is 15.0. The molecule has 0 bridgehead atoms. The van der Waals surface area contributed by atoms with Crippen LogP contribution in [0.4, 0.5) is 0 Å². The highest BCUT2D eigenvalue weighted by atomic mass is 32.2. The number of hydrogen-bond donors (Lipinski definition) is 2. The van der Waals surface area contributed by atoms with Gasteiger partial charge in [0.1, 0.15) is 0 Å². The quantitative estimate of drug-likeness (QED) is 0.774. The Kier molecular flexibility index (Phi) is 7.70. The Morgan fingerprint density at radius 1 is 1.30 bits per heavy atom. The van der Waals surface area contributed by atoms with Crippen LogP contribution >= 0.6 is 11.8 Å². The number of thioether (sulfide) groups is 1. The van der Waals surface area contributed by atoms with Gasteiger partial charge in [0.2, 0.25) is 5.91 Å². The molecule has 1 atom stereocenters. The second-order valence-electron chi connectivity index (χ2n) is 5.23. The lowest BCUT2D eigenvalue weighted by Crippen LogP contribution is -2.37. The predicted octanol–water partition coefficient (Wildman–Crippen LogP) is 2.47. The van der Waals surface area contributed by atoms with Gasteiger partial charge in [-0.1, -0.05) is 29.3 Å². The second kappa shape index (κ2) is 9.03. The van der Waals surface area contributed by atoms with E-state index in [2.05, 4.69) is 37.4 Å². The van der Waals surface area contributed by atoms with E-state index in [4.69, 9.17) is 5.11 Å². The van der Waals surface area contributed by atoms with Crippen molar-refractivity contribution in [2.75, 3.05) is 18.6 Å². The van der Waals surface area contributed by atoms with Gasteiger partial charge < -0.3 is 10.4 Å². The van der Waals surface area contributed by atoms with Gasteiger partial charge in [0.25, 0.3) is 0 Å². The summed E-state index contributed by atoms with van der Waals surface area (Å²) in [6.07, 6.45) is 3.89. The standard InChI is InChI=1S/C16H25NO2S/c1-12-8-13(2)10-14(9-12)4-5-16(19)17-15(6-7-18)11-20-3/h8-10,15,18H,4-7,11H2,1-3H3,(H,17,19). The molecule has 2 N–H and O–H groups in total. The summed E-state index contributed by atoms with van der Waals surface area (Å²) in [5, 5.41) is 12.0. The third-order valence-corrected chi connectivity index (χ3v) is 3.87. The summed E-state index contributed by atoms with van der Waals surface area (Å²) < 4.78 is 0. The maximum Gasteiger partial charge on any atom is 0.220 e. The molecule has 1 amide bonds. The molecule has 1 rings (SSSR count). The first-order chi connectivity index (χ1) is 9.55. The monoisotopic (exact) mass is 295 g/mol. The number of aliphatic hydroxyl groups is 1. The number of rotatable bonds is 8. The van der Waals surface area contributed by atoms with Crippen molar-refractivity contribution < 1.29 is 9.90 Å². The van der Waals surface area contributed by atoms with E-state index in [9.17, 15) is 4.79 Å². The van der Waals surface area contributed by atoms with E-state index in [-0.39, 0.29) is 18.6 Å². The summed E-state index contributed by atoms with van der Waals surface area (Å²) in [5.74, 6) is 0.909. The molecule has 0 aliphatic heterocycles. The summed E-state index contributed by atoms with van der Waals surface area (Å²) in [6.45, 7) is 4.27. The highest BCUT2D eigenvalue weighted by Gasteiger charge is 2.11. The normalized spacial score (nSPS) is 12.2. The highest BCUT2D eigenvalue weighted by Crippen LogP contribution is 2.11. The van der Waals surface area contributed by atoms with Crippen LogP contribution in [0.5, 0.6) is 0 Å². The Morgan fingerprint density at radius 3 is 2.50 bits per heavy atom. The molecule has 0 fully saturated rings. The van der Waals surface area contributed by atoms with Gasteiger partial charge >= 0.3 is 0 Å². The van der Waals surface area contributed by atoms with E-state index in [1.54, 1.807) is 11.8 Å². The van der Waals surface area contributed by atoms with E-state index >= 15 is 0 Å². The Morgan fingerprint density at radius 2 is 1.95 bits per heavy atom. The van der Waals surface area contributed by atoms with Gasteiger partial charge in [0.15, 0.2) is 0 Å². The molecule has 1 aromatic carbocycles. The number of benzene rings is 1. The summed E-state index contributed by atoms with van der Waals surface area (Å²) >= 11 is 1.68. The van der Waals surface area contributed by atoms with E-state index in [0.717, 1.165) is 12.2 Å². The van der Waals surface area contributed by atoms with Crippen LogP contribution in [0.3, 0.4) is 0 Å². The molecule has 0 radical (unpaired) electrons. The van der Waals surface area contributed by atoms with Crippen molar-refractivity contribution in [3.8, 4) is 0 Å². The molecular formula is C16H25NO2S. The number of aliphatic hydroxyl groups excluding tert-OH is 1. The van der Waals surface area contributed by atoms with E-state index in [0.29, 0.717) is 12.8 Å². The Labute approximate surface area is 126 Å². The van der Waals surface area contributed by atoms with Crippen molar-refractivity contribution in [3.05, 3.63) is 34.9 Å². The minimum Gasteiger partial charge on any atom is -0.396 e. The largest absolute Gasteiger partial charge is 0.396 e. The minimum atomic E-state index is 0.0664. The van der Waals surface area contributed by atoms with Crippen LogP contribution < -0.4 is 5.32 Å². The molecule has 0 saturated heterocycles. The van der Waals surface area contributed by atoms with Crippen LogP contribution in [-0.2, 0) is 11.2 Å². The number of carbonyl (C=O) groups is 1. The molecule has 0 aliphatic carbocycles. The Balaban J connectivity index is 2.45. The molecule has 0 spiro atoms. The Bertz CT molecular complexity index is 408. The van der Waals surface area contributed by atoms with Crippen LogP contribution in [0, 0.1) is 13.8 Å². The summed E-state index contributed by atoms with van der Waals surface area (Å²) in [4.78, 5) is 11.9. The number of aryl methyl sites for hydroxylation is 3. The first kappa shape index (κ1) is 17.1. The van der Waals surface area contributed by atoms with Crippen molar-refractivity contribution in [3.63, 3.8) is 0 Å². The fourth-order valence-corrected chi connectivity index (χ4v) is 2.98. The highest BCUT2D eigenvalue weighted by molar-refractivity contribution is 7.98. The SMILES string of the molecule is CSCC(CCO)NC(=O)CCc1cc(C)cc(C)c1. The van der Waals surface area contributed by atoms with Crippen LogP contribution in [0.25, 0.3) is 0 Å². The Hall–Kier alpha value is -1.00. The average Bonchev–Trinajstić information content (AvgIpc) is 2.36. The molecular weight excluding hydrogens is 270 g/mol. The molecule has 1 aromatic rings. The smallest absolute Gasteiger partial charge is 0.220 e. The summed E-state index contributed by atoms with van der Waals surface area (Å²) in [6, 6.07) is 6.47. The maximum absolute atomic E-state index is 11.9. The fourth-order valence-electron chi connectivity index (χ4n) is 2.33. The van der Waals surface area contributed by atoms with Gasteiger partial charge in [-0.3, -0.25) is 4.79 Å². The van der Waals surface area contributed by atoms with E-state index < -0.39 is 0 Å². The summed E-state index contributed by atoms with van der Waals surface area (Å²) in [5.41, 5.74) is 3.68. The predicted molar refractivity (Wildman–Crippen MR) is 86.3 cm³/mol. The number of hydrogen-bond acceptors (Lipinski definition) is 3. The van der Waals surface area contributed by atoms with Crippen molar-refractivity contribution >= 4 is 17.7 Å². The van der Waals surface area contributed by atoms with Crippen molar-refractivity contribution in [1.82, 2.24) is 5.32 Å². The molecule has 20 heavy (non-hydrogen) atoms. The first-order valence-electron chi connectivity index (χ1n) is 7.01. The molecule has 4 heteroatoms. The van der Waals surface area contributed by atoms with Crippen LogP contribution in [0.2, 0.25) is 0 Å². The van der Waals surface area contributed by atoms with Gasteiger partial charge in [0, 0.05) is 24.8 Å². The molecule has 0 aliphatic rings. The van der Waals surface area contributed by atoms with Gasteiger partial charge in [-0.2, -0.15) is 11.8 Å². The van der Waals surface area contributed by atoms with Crippen molar-refractivity contribution in [1.29, 1.82) is 0 Å². The third kappa shape index (κ3) is 6.44.